The minimum absolute atomic E-state index is 0.267. The molecule has 2 aromatic rings. The van der Waals surface area contributed by atoms with Crippen LogP contribution in [0.25, 0.3) is 6.08 Å². The van der Waals surface area contributed by atoms with E-state index in [0.717, 1.165) is 27.9 Å². The number of hydrogen-bond donors (Lipinski definition) is 1. The molecule has 6 nitrogen and oxygen atoms in total. The van der Waals surface area contributed by atoms with Gasteiger partial charge in [0.25, 0.3) is 5.91 Å². The van der Waals surface area contributed by atoms with Crippen molar-refractivity contribution in [1.29, 1.82) is 0 Å². The third-order valence-electron chi connectivity index (χ3n) is 3.89. The van der Waals surface area contributed by atoms with Crippen LogP contribution in [-0.4, -0.2) is 28.3 Å². The van der Waals surface area contributed by atoms with E-state index in [9.17, 15) is 9.59 Å². The number of halogens is 1. The van der Waals surface area contributed by atoms with Crippen LogP contribution in [0.2, 0.25) is 5.02 Å². The second kappa shape index (κ2) is 9.30. The normalized spacial score (nSPS) is 15.0. The number of carbonyl (C=O) groups excluding carboxylic acids is 2. The summed E-state index contributed by atoms with van der Waals surface area (Å²) < 4.78 is 11.5. The number of nitrogens with zero attached hydrogens (tertiary/aromatic N) is 1. The van der Waals surface area contributed by atoms with Gasteiger partial charge in [0, 0.05) is 17.5 Å². The minimum atomic E-state index is -0.381. The number of hydrogen-bond acceptors (Lipinski definition) is 6. The molecule has 0 atom stereocenters. The number of benzene rings is 2. The van der Waals surface area contributed by atoms with Gasteiger partial charge in [-0.15, -0.1) is 0 Å². The quantitative estimate of drug-likeness (QED) is 0.528. The average molecular weight is 449 g/mol. The first kappa shape index (κ1) is 21.2. The number of thioether (sulfide) groups is 1. The molecule has 0 aliphatic carbocycles. The predicted molar refractivity (Wildman–Crippen MR) is 118 cm³/mol. The molecule has 1 fully saturated rings. The highest BCUT2D eigenvalue weighted by atomic mass is 35.5. The molecular weight excluding hydrogens is 432 g/mol. The smallest absolute Gasteiger partial charge is 0.285 e. The maximum Gasteiger partial charge on any atom is 0.285 e. The summed E-state index contributed by atoms with van der Waals surface area (Å²) in [4.78, 5) is 24.1. The van der Waals surface area contributed by atoms with Crippen molar-refractivity contribution in [2.75, 3.05) is 7.11 Å². The largest absolute Gasteiger partial charge is 0.493 e. The molecule has 0 unspecified atom stereocenters. The number of rotatable bonds is 6. The number of amides is 2. The highest BCUT2D eigenvalue weighted by Gasteiger charge is 2.33. The summed E-state index contributed by atoms with van der Waals surface area (Å²) in [7, 11) is 1.54. The van der Waals surface area contributed by atoms with Crippen LogP contribution in [0.4, 0.5) is 0 Å². The van der Waals surface area contributed by atoms with Gasteiger partial charge in [-0.25, -0.2) is 0 Å². The summed E-state index contributed by atoms with van der Waals surface area (Å²) in [6, 6.07) is 12.8. The van der Waals surface area contributed by atoms with E-state index in [0.29, 0.717) is 28.0 Å². The Bertz CT molecular complexity index is 1010. The van der Waals surface area contributed by atoms with Crippen LogP contribution in [0.5, 0.6) is 11.5 Å². The van der Waals surface area contributed by atoms with E-state index in [2.05, 4.69) is 5.43 Å². The van der Waals surface area contributed by atoms with Crippen LogP contribution < -0.4 is 14.9 Å². The maximum atomic E-state index is 12.4. The van der Waals surface area contributed by atoms with E-state index in [-0.39, 0.29) is 16.1 Å². The molecule has 0 aromatic heterocycles. The Hall–Kier alpha value is -2.55. The van der Waals surface area contributed by atoms with Crippen molar-refractivity contribution in [2.24, 2.45) is 0 Å². The van der Waals surface area contributed by atoms with Crippen molar-refractivity contribution in [3.63, 3.8) is 0 Å². The predicted octanol–water partition coefficient (Wildman–Crippen LogP) is 4.18. The Balaban J connectivity index is 1.77. The fraction of sp³-hybridized carbons (Fsp3) is 0.150. The van der Waals surface area contributed by atoms with Crippen LogP contribution >= 0.6 is 35.6 Å². The Morgan fingerprint density at radius 1 is 1.28 bits per heavy atom. The molecule has 1 N–H and O–H groups in total. The third-order valence-corrected chi connectivity index (χ3v) is 5.56. The van der Waals surface area contributed by atoms with E-state index < -0.39 is 0 Å². The lowest BCUT2D eigenvalue weighted by Crippen LogP contribution is -2.43. The molecule has 0 radical (unpaired) electrons. The van der Waals surface area contributed by atoms with Crippen molar-refractivity contribution >= 4 is 57.8 Å². The van der Waals surface area contributed by atoms with Crippen LogP contribution in [0.1, 0.15) is 18.1 Å². The van der Waals surface area contributed by atoms with Crippen molar-refractivity contribution in [3.8, 4) is 11.5 Å². The Morgan fingerprint density at radius 2 is 2.03 bits per heavy atom. The molecule has 1 aliphatic rings. The fourth-order valence-electron chi connectivity index (χ4n) is 2.54. The molecule has 0 spiro atoms. The fourth-order valence-corrected chi connectivity index (χ4v) is 3.91. The molecule has 1 saturated heterocycles. The van der Waals surface area contributed by atoms with E-state index in [1.54, 1.807) is 30.3 Å². The van der Waals surface area contributed by atoms with Gasteiger partial charge in [0.05, 0.1) is 12.0 Å². The molecule has 0 bridgehead atoms. The Labute approximate surface area is 182 Å². The van der Waals surface area contributed by atoms with Gasteiger partial charge in [0.15, 0.2) is 15.8 Å². The van der Waals surface area contributed by atoms with Gasteiger partial charge in [-0.1, -0.05) is 47.6 Å². The molecule has 9 heteroatoms. The molecule has 0 saturated carbocycles. The zero-order valence-corrected chi connectivity index (χ0v) is 18.0. The first-order valence-corrected chi connectivity index (χ1v) is 10.1. The molecule has 2 aromatic carbocycles. The lowest BCUT2D eigenvalue weighted by molar-refractivity contribution is -0.131. The average Bonchev–Trinajstić information content (AvgIpc) is 2.95. The minimum Gasteiger partial charge on any atom is -0.493 e. The molecule has 150 valence electrons. The van der Waals surface area contributed by atoms with Gasteiger partial charge in [-0.2, -0.15) is 5.01 Å². The summed E-state index contributed by atoms with van der Waals surface area (Å²) in [6.45, 7) is 1.61. The van der Waals surface area contributed by atoms with E-state index >= 15 is 0 Å². The number of ether oxygens (including phenoxy) is 2. The van der Waals surface area contributed by atoms with Gasteiger partial charge in [0.1, 0.15) is 6.61 Å². The third kappa shape index (κ3) is 5.09. The van der Waals surface area contributed by atoms with Gasteiger partial charge in [-0.3, -0.25) is 15.0 Å². The van der Waals surface area contributed by atoms with Gasteiger partial charge in [0.2, 0.25) is 5.91 Å². The molecule has 1 aliphatic heterocycles. The lowest BCUT2D eigenvalue weighted by Gasteiger charge is -2.13. The number of hydrazine groups is 1. The molecule has 3 rings (SSSR count). The van der Waals surface area contributed by atoms with Crippen LogP contribution in [0.3, 0.4) is 0 Å². The Kier molecular flexibility index (Phi) is 6.79. The standard InChI is InChI=1S/C20H17ClN2O4S2/c1-12(24)22-23-19(25)18(29-20(23)28)10-13-7-8-16(17(9-13)26-2)27-11-14-5-3-4-6-15(14)21/h3-10H,11H2,1-2H3,(H,22,24)/b18-10-. The Morgan fingerprint density at radius 3 is 2.72 bits per heavy atom. The van der Waals surface area contributed by atoms with E-state index in [1.807, 2.05) is 18.2 Å². The van der Waals surface area contributed by atoms with Crippen LogP contribution in [-0.2, 0) is 16.2 Å². The summed E-state index contributed by atoms with van der Waals surface area (Å²) >= 11 is 12.4. The zero-order chi connectivity index (χ0) is 21.0. The van der Waals surface area contributed by atoms with Gasteiger partial charge >= 0.3 is 0 Å². The molecular formula is C20H17ClN2O4S2. The highest BCUT2D eigenvalue weighted by Crippen LogP contribution is 2.34. The topological polar surface area (TPSA) is 67.9 Å². The lowest BCUT2D eigenvalue weighted by atomic mass is 10.2. The van der Waals surface area contributed by atoms with Crippen molar-refractivity contribution in [1.82, 2.24) is 10.4 Å². The van der Waals surface area contributed by atoms with Crippen molar-refractivity contribution < 1.29 is 19.1 Å². The van der Waals surface area contributed by atoms with E-state index in [1.165, 1.54) is 14.0 Å². The van der Waals surface area contributed by atoms with Gasteiger partial charge < -0.3 is 9.47 Å². The molecule has 2 amide bonds. The van der Waals surface area contributed by atoms with Gasteiger partial charge in [-0.05, 0) is 42.1 Å². The first-order valence-electron chi connectivity index (χ1n) is 8.48. The monoisotopic (exact) mass is 448 g/mol. The van der Waals surface area contributed by atoms with Crippen LogP contribution in [0.15, 0.2) is 47.4 Å². The zero-order valence-electron chi connectivity index (χ0n) is 15.6. The first-order chi connectivity index (χ1) is 13.9. The van der Waals surface area contributed by atoms with Crippen LogP contribution in [0, 0.1) is 0 Å². The summed E-state index contributed by atoms with van der Waals surface area (Å²) in [5.74, 6) is 0.316. The number of thiocarbonyl (C=S) groups is 1. The second-order valence-corrected chi connectivity index (χ2v) is 8.06. The summed E-state index contributed by atoms with van der Waals surface area (Å²) in [5, 5.41) is 1.69. The second-order valence-electron chi connectivity index (χ2n) is 5.98. The number of nitrogens with one attached hydrogen (secondary N) is 1. The molecule has 29 heavy (non-hydrogen) atoms. The van der Waals surface area contributed by atoms with Crippen molar-refractivity contribution in [3.05, 3.63) is 63.5 Å². The SMILES string of the molecule is COc1cc(/C=C2\SC(=S)N(NC(C)=O)C2=O)ccc1OCc1ccccc1Cl. The summed E-state index contributed by atoms with van der Waals surface area (Å²) in [6.07, 6.45) is 1.68. The number of carbonyl (C=O) groups is 2. The summed E-state index contributed by atoms with van der Waals surface area (Å²) in [5.41, 5.74) is 4.01. The molecule has 1 heterocycles. The van der Waals surface area contributed by atoms with Crippen molar-refractivity contribution in [2.45, 2.75) is 13.5 Å². The maximum absolute atomic E-state index is 12.4. The number of methoxy groups -OCH3 is 1. The highest BCUT2D eigenvalue weighted by molar-refractivity contribution is 8.26. The van der Waals surface area contributed by atoms with E-state index in [4.69, 9.17) is 33.3 Å².